The fourth-order valence-electron chi connectivity index (χ4n) is 4.48. The van der Waals surface area contributed by atoms with Crippen LogP contribution in [0, 0.1) is 12.8 Å². The van der Waals surface area contributed by atoms with E-state index in [2.05, 4.69) is 72.2 Å². The fourth-order valence-corrected chi connectivity index (χ4v) is 4.84. The molecule has 1 amide bonds. The summed E-state index contributed by atoms with van der Waals surface area (Å²) in [5.41, 5.74) is 4.74. The molecule has 32 heavy (non-hydrogen) atoms. The molecule has 2 aromatic carbocycles. The number of carbonyl (C=O) groups is 1. The van der Waals surface area contributed by atoms with Gasteiger partial charge in [-0.25, -0.2) is 4.98 Å². The summed E-state index contributed by atoms with van der Waals surface area (Å²) >= 11 is 3.54. The summed E-state index contributed by atoms with van der Waals surface area (Å²) in [6.07, 6.45) is 5.09. The van der Waals surface area contributed by atoms with Gasteiger partial charge in [0.1, 0.15) is 0 Å². The Morgan fingerprint density at radius 1 is 1.22 bits per heavy atom. The Kier molecular flexibility index (Phi) is 6.50. The topological polar surface area (TPSA) is 45.2 Å². The molecule has 0 spiro atoms. The number of nitrogens with one attached hydrogen (secondary N) is 1. The van der Waals surface area contributed by atoms with E-state index in [0.717, 1.165) is 39.6 Å². The molecule has 1 saturated heterocycles. The summed E-state index contributed by atoms with van der Waals surface area (Å²) in [6, 6.07) is 16.1. The first-order chi connectivity index (χ1) is 15.2. The third-order valence-corrected chi connectivity index (χ3v) is 6.92. The quantitative estimate of drug-likeness (QED) is 0.480. The number of hydrogen-bond acceptors (Lipinski definition) is 3. The second-order valence-electron chi connectivity index (χ2n) is 9.48. The van der Waals surface area contributed by atoms with Gasteiger partial charge in [-0.15, -0.1) is 0 Å². The third-order valence-electron chi connectivity index (χ3n) is 6.43. The van der Waals surface area contributed by atoms with Crippen LogP contribution < -0.4 is 5.32 Å². The molecule has 3 aromatic rings. The molecule has 0 bridgehead atoms. The minimum absolute atomic E-state index is 0.0481. The van der Waals surface area contributed by atoms with Crippen LogP contribution in [0.2, 0.25) is 0 Å². The van der Waals surface area contributed by atoms with Crippen molar-refractivity contribution in [1.82, 2.24) is 15.2 Å². The molecule has 0 radical (unpaired) electrons. The number of likely N-dealkylation sites (tertiary alicyclic amines) is 1. The van der Waals surface area contributed by atoms with Crippen LogP contribution in [-0.4, -0.2) is 41.5 Å². The van der Waals surface area contributed by atoms with Gasteiger partial charge in [0.05, 0.1) is 16.8 Å². The van der Waals surface area contributed by atoms with Crippen LogP contribution >= 0.6 is 15.9 Å². The second kappa shape index (κ2) is 9.16. The van der Waals surface area contributed by atoms with Crippen molar-refractivity contribution >= 4 is 44.9 Å². The van der Waals surface area contributed by atoms with Gasteiger partial charge in [-0.05, 0) is 76.1 Å². The van der Waals surface area contributed by atoms with Crippen LogP contribution in [0.1, 0.15) is 47.4 Å². The Labute approximate surface area is 198 Å². The van der Waals surface area contributed by atoms with E-state index >= 15 is 0 Å². The number of hydrogen-bond donors (Lipinski definition) is 1. The average Bonchev–Trinajstić information content (AvgIpc) is 3.01. The van der Waals surface area contributed by atoms with E-state index in [9.17, 15) is 4.79 Å². The van der Waals surface area contributed by atoms with Crippen molar-refractivity contribution < 1.29 is 4.79 Å². The lowest BCUT2D eigenvalue weighted by Crippen LogP contribution is -2.34. The molecule has 1 unspecified atom stereocenters. The van der Waals surface area contributed by atoms with Crippen molar-refractivity contribution in [2.75, 3.05) is 20.1 Å². The van der Waals surface area contributed by atoms with Crippen LogP contribution in [0.4, 0.5) is 0 Å². The molecule has 166 valence electrons. The lowest BCUT2D eigenvalue weighted by molar-refractivity contribution is 0.0949. The minimum atomic E-state index is -0.0481. The number of fused-ring (bicyclic) bond motifs is 1. The first kappa shape index (κ1) is 22.7. The number of amides is 1. The van der Waals surface area contributed by atoms with Gasteiger partial charge in [-0.1, -0.05) is 51.8 Å². The van der Waals surface area contributed by atoms with Gasteiger partial charge in [0.15, 0.2) is 0 Å². The number of nitrogens with zero attached hydrogens (tertiary/aromatic N) is 2. The Morgan fingerprint density at radius 2 is 2.03 bits per heavy atom. The average molecular weight is 492 g/mol. The number of halogens is 1. The number of rotatable bonds is 5. The predicted octanol–water partition coefficient (Wildman–Crippen LogP) is 5.94. The van der Waals surface area contributed by atoms with E-state index < -0.39 is 0 Å². The Balaban J connectivity index is 1.60. The first-order valence-corrected chi connectivity index (χ1v) is 11.8. The summed E-state index contributed by atoms with van der Waals surface area (Å²) in [5.74, 6) is 0.410. The maximum absolute atomic E-state index is 13.2. The standard InChI is InChI=1S/C27H30BrN3O/c1-18-6-5-7-19(12-18)8-10-22-14-24(23-13-21(28)9-11-25(23)30-22)26(32)29-16-20-15-27(2,3)31(4)17-20/h5-14,20H,15-17H2,1-4H3,(H,29,32)/b10-8+. The molecule has 1 aliphatic rings. The monoisotopic (exact) mass is 491 g/mol. The number of aromatic nitrogens is 1. The van der Waals surface area contributed by atoms with Crippen LogP contribution in [0.3, 0.4) is 0 Å². The van der Waals surface area contributed by atoms with Crippen molar-refractivity contribution in [3.8, 4) is 0 Å². The zero-order valence-corrected chi connectivity index (χ0v) is 20.7. The SMILES string of the molecule is Cc1cccc(/C=C/c2cc(C(=O)NCC3CN(C)C(C)(C)C3)c3cc(Br)ccc3n2)c1. The largest absolute Gasteiger partial charge is 0.352 e. The van der Waals surface area contributed by atoms with Crippen LogP contribution in [0.5, 0.6) is 0 Å². The van der Waals surface area contributed by atoms with E-state index in [1.807, 2.05) is 42.5 Å². The van der Waals surface area contributed by atoms with E-state index in [1.54, 1.807) is 0 Å². The van der Waals surface area contributed by atoms with Gasteiger partial charge in [0.25, 0.3) is 5.91 Å². The van der Waals surface area contributed by atoms with Crippen molar-refractivity contribution in [1.29, 1.82) is 0 Å². The lowest BCUT2D eigenvalue weighted by atomic mass is 9.96. The van der Waals surface area contributed by atoms with Gasteiger partial charge in [-0.2, -0.15) is 0 Å². The van der Waals surface area contributed by atoms with Gasteiger partial charge >= 0.3 is 0 Å². The van der Waals surface area contributed by atoms with Crippen molar-refractivity contribution in [2.24, 2.45) is 5.92 Å². The molecule has 1 N–H and O–H groups in total. The first-order valence-electron chi connectivity index (χ1n) is 11.1. The lowest BCUT2D eigenvalue weighted by Gasteiger charge is -2.26. The highest BCUT2D eigenvalue weighted by molar-refractivity contribution is 9.10. The summed E-state index contributed by atoms with van der Waals surface area (Å²) in [6.45, 7) is 8.28. The highest BCUT2D eigenvalue weighted by Gasteiger charge is 2.35. The maximum atomic E-state index is 13.2. The predicted molar refractivity (Wildman–Crippen MR) is 137 cm³/mol. The highest BCUT2D eigenvalue weighted by atomic mass is 79.9. The van der Waals surface area contributed by atoms with E-state index in [-0.39, 0.29) is 11.4 Å². The Hall–Kier alpha value is -2.50. The van der Waals surface area contributed by atoms with Crippen molar-refractivity contribution in [2.45, 2.75) is 32.7 Å². The summed E-state index contributed by atoms with van der Waals surface area (Å²) < 4.78 is 0.933. The number of aryl methyl sites for hydroxylation is 1. The van der Waals surface area contributed by atoms with E-state index in [1.165, 1.54) is 5.56 Å². The molecule has 2 heterocycles. The van der Waals surface area contributed by atoms with E-state index in [4.69, 9.17) is 4.98 Å². The number of carbonyl (C=O) groups excluding carboxylic acids is 1. The van der Waals surface area contributed by atoms with Crippen molar-refractivity contribution in [3.63, 3.8) is 0 Å². The summed E-state index contributed by atoms with van der Waals surface area (Å²) in [7, 11) is 2.16. The highest BCUT2D eigenvalue weighted by Crippen LogP contribution is 2.31. The molecular formula is C27H30BrN3O. The normalized spacial score (nSPS) is 18.5. The summed E-state index contributed by atoms with van der Waals surface area (Å²) in [5, 5.41) is 4.04. The number of pyridine rings is 1. The molecule has 4 rings (SSSR count). The fraction of sp³-hybridized carbons (Fsp3) is 0.333. The van der Waals surface area contributed by atoms with Crippen molar-refractivity contribution in [3.05, 3.63) is 75.4 Å². The Bertz CT molecular complexity index is 1180. The molecule has 0 aliphatic carbocycles. The molecule has 0 saturated carbocycles. The number of benzene rings is 2. The minimum Gasteiger partial charge on any atom is -0.352 e. The summed E-state index contributed by atoms with van der Waals surface area (Å²) in [4.78, 5) is 20.4. The second-order valence-corrected chi connectivity index (χ2v) is 10.4. The van der Waals surface area contributed by atoms with Crippen LogP contribution in [-0.2, 0) is 0 Å². The van der Waals surface area contributed by atoms with Gasteiger partial charge in [-0.3, -0.25) is 4.79 Å². The maximum Gasteiger partial charge on any atom is 0.252 e. The molecule has 4 nitrogen and oxygen atoms in total. The molecule has 1 aromatic heterocycles. The smallest absolute Gasteiger partial charge is 0.252 e. The van der Waals surface area contributed by atoms with Gasteiger partial charge < -0.3 is 10.2 Å². The van der Waals surface area contributed by atoms with Crippen LogP contribution in [0.25, 0.3) is 23.1 Å². The van der Waals surface area contributed by atoms with Gasteiger partial charge in [0.2, 0.25) is 0 Å². The molecule has 1 fully saturated rings. The van der Waals surface area contributed by atoms with Crippen LogP contribution in [0.15, 0.2) is 53.0 Å². The molecule has 5 heteroatoms. The molecule has 1 aliphatic heterocycles. The third kappa shape index (κ3) is 5.11. The van der Waals surface area contributed by atoms with E-state index in [0.29, 0.717) is 18.0 Å². The Morgan fingerprint density at radius 3 is 2.75 bits per heavy atom. The van der Waals surface area contributed by atoms with Gasteiger partial charge in [0, 0.05) is 28.5 Å². The molecular weight excluding hydrogens is 462 g/mol. The zero-order chi connectivity index (χ0) is 22.9. The zero-order valence-electron chi connectivity index (χ0n) is 19.2. The molecule has 1 atom stereocenters.